The van der Waals surface area contributed by atoms with Gasteiger partial charge in [-0.15, -0.1) is 0 Å². The number of hydrogen-bond donors (Lipinski definition) is 0. The highest BCUT2D eigenvalue weighted by atomic mass is 35.5. The molecule has 1 unspecified atom stereocenters. The van der Waals surface area contributed by atoms with Gasteiger partial charge in [0.25, 0.3) is 0 Å². The second-order valence-electron chi connectivity index (χ2n) is 8.47. The van der Waals surface area contributed by atoms with Gasteiger partial charge in [0.2, 0.25) is 5.95 Å². The highest BCUT2D eigenvalue weighted by Gasteiger charge is 2.35. The molecule has 11 nitrogen and oxygen atoms in total. The lowest BCUT2D eigenvalue weighted by atomic mass is 10.00. The quantitative estimate of drug-likeness (QED) is 0.364. The van der Waals surface area contributed by atoms with E-state index in [0.29, 0.717) is 35.9 Å². The number of ether oxygens (including phenoxy) is 2. The number of carbonyl (C=O) groups excluding carboxylic acids is 2. The van der Waals surface area contributed by atoms with E-state index < -0.39 is 21.8 Å². The molecule has 1 aliphatic rings. The second-order valence-corrected chi connectivity index (χ2v) is 10.8. The van der Waals surface area contributed by atoms with Crippen molar-refractivity contribution >= 4 is 50.4 Å². The van der Waals surface area contributed by atoms with E-state index in [0.717, 1.165) is 6.26 Å². The minimum absolute atomic E-state index is 0.0241. The first-order chi connectivity index (χ1) is 16.5. The summed E-state index contributed by atoms with van der Waals surface area (Å²) in [5.74, 6) is -0.353. The number of rotatable bonds is 5. The number of esters is 2. The van der Waals surface area contributed by atoms with Crippen molar-refractivity contribution in [2.75, 3.05) is 31.9 Å². The summed E-state index contributed by atoms with van der Waals surface area (Å²) >= 11 is 6.23. The number of fused-ring (bicyclic) bond motifs is 3. The SMILES string of the molecule is COC(=O)c1cc2nc3n(c2cc1S(C)(=O)=O)CCN(c1ncc(C(=O)OC)c(Cl)n1)C3C(C)C. The van der Waals surface area contributed by atoms with E-state index in [1.807, 2.05) is 23.3 Å². The molecule has 0 saturated carbocycles. The molecule has 0 spiro atoms. The van der Waals surface area contributed by atoms with Crippen LogP contribution in [0, 0.1) is 5.92 Å². The van der Waals surface area contributed by atoms with Crippen LogP contribution in [0.15, 0.2) is 23.2 Å². The van der Waals surface area contributed by atoms with Crippen molar-refractivity contribution < 1.29 is 27.5 Å². The molecule has 1 aliphatic heterocycles. The summed E-state index contributed by atoms with van der Waals surface area (Å²) in [5.41, 5.74) is 1.06. The van der Waals surface area contributed by atoms with Crippen molar-refractivity contribution in [3.05, 3.63) is 40.4 Å². The van der Waals surface area contributed by atoms with Gasteiger partial charge in [0.1, 0.15) is 16.5 Å². The number of anilines is 1. The van der Waals surface area contributed by atoms with Crippen LogP contribution in [-0.2, 0) is 25.9 Å². The zero-order valence-electron chi connectivity index (χ0n) is 19.8. The molecule has 186 valence electrons. The zero-order valence-corrected chi connectivity index (χ0v) is 21.3. The van der Waals surface area contributed by atoms with Crippen LogP contribution < -0.4 is 4.90 Å². The standard InChI is InChI=1S/C22H24ClN5O6S/c1-11(2)17-19-25-14-8-12(20(29)33-3)16(35(5,31)32)9-15(14)27(19)6-7-28(17)22-24-10-13(18(23)26-22)21(30)34-4/h8-11,17H,6-7H2,1-5H3. The Kier molecular flexibility index (Phi) is 6.45. The highest BCUT2D eigenvalue weighted by molar-refractivity contribution is 7.90. The van der Waals surface area contributed by atoms with Crippen LogP contribution in [0.2, 0.25) is 5.15 Å². The molecule has 35 heavy (non-hydrogen) atoms. The molecule has 4 rings (SSSR count). The summed E-state index contributed by atoms with van der Waals surface area (Å²) < 4.78 is 36.3. The summed E-state index contributed by atoms with van der Waals surface area (Å²) in [7, 11) is -1.27. The van der Waals surface area contributed by atoms with Crippen molar-refractivity contribution in [1.82, 2.24) is 19.5 Å². The van der Waals surface area contributed by atoms with Crippen LogP contribution in [0.25, 0.3) is 11.0 Å². The first-order valence-electron chi connectivity index (χ1n) is 10.7. The fourth-order valence-electron chi connectivity index (χ4n) is 4.31. The van der Waals surface area contributed by atoms with Crippen LogP contribution in [0.4, 0.5) is 5.95 Å². The van der Waals surface area contributed by atoms with Crippen molar-refractivity contribution in [3.8, 4) is 0 Å². The lowest BCUT2D eigenvalue weighted by molar-refractivity contribution is 0.0589. The number of nitrogens with zero attached hydrogens (tertiary/aromatic N) is 5. The predicted octanol–water partition coefficient (Wildman–Crippen LogP) is 2.67. The normalized spacial score (nSPS) is 15.9. The summed E-state index contributed by atoms with van der Waals surface area (Å²) in [4.78, 5) is 39.4. The summed E-state index contributed by atoms with van der Waals surface area (Å²) in [6.45, 7) is 4.95. The average molecular weight is 522 g/mol. The van der Waals surface area contributed by atoms with Crippen molar-refractivity contribution in [3.63, 3.8) is 0 Å². The maximum Gasteiger partial charge on any atom is 0.342 e. The van der Waals surface area contributed by atoms with E-state index in [2.05, 4.69) is 9.97 Å². The number of imidazole rings is 1. The topological polar surface area (TPSA) is 134 Å². The number of benzene rings is 1. The Labute approximate surface area is 206 Å². The van der Waals surface area contributed by atoms with Gasteiger partial charge in [-0.1, -0.05) is 25.4 Å². The maximum absolute atomic E-state index is 12.4. The predicted molar refractivity (Wildman–Crippen MR) is 127 cm³/mol. The van der Waals surface area contributed by atoms with Crippen LogP contribution in [0.1, 0.15) is 46.4 Å². The van der Waals surface area contributed by atoms with Gasteiger partial charge in [0, 0.05) is 25.5 Å². The highest BCUT2D eigenvalue weighted by Crippen LogP contribution is 2.37. The third-order valence-corrected chi connectivity index (χ3v) is 7.30. The minimum Gasteiger partial charge on any atom is -0.465 e. The van der Waals surface area contributed by atoms with Crippen LogP contribution >= 0.6 is 11.6 Å². The molecule has 0 amide bonds. The molecule has 0 fully saturated rings. The smallest absolute Gasteiger partial charge is 0.342 e. The number of halogens is 1. The Morgan fingerprint density at radius 2 is 1.74 bits per heavy atom. The second kappa shape index (κ2) is 9.08. The Morgan fingerprint density at radius 1 is 1.09 bits per heavy atom. The molecule has 3 heterocycles. The molecule has 1 aromatic carbocycles. The monoisotopic (exact) mass is 521 g/mol. The van der Waals surface area contributed by atoms with E-state index in [1.165, 1.54) is 32.5 Å². The molecular weight excluding hydrogens is 498 g/mol. The molecule has 13 heteroatoms. The molecule has 0 aliphatic carbocycles. The average Bonchev–Trinajstić information content (AvgIpc) is 3.18. The van der Waals surface area contributed by atoms with E-state index in [1.54, 1.807) is 0 Å². The fourth-order valence-corrected chi connectivity index (χ4v) is 5.38. The Hall–Kier alpha value is -3.25. The van der Waals surface area contributed by atoms with E-state index >= 15 is 0 Å². The number of methoxy groups -OCH3 is 2. The number of carbonyl (C=O) groups is 2. The van der Waals surface area contributed by atoms with Crippen LogP contribution in [0.5, 0.6) is 0 Å². The Bertz CT molecular complexity index is 1450. The van der Waals surface area contributed by atoms with E-state index in [9.17, 15) is 18.0 Å². The fraction of sp³-hybridized carbons (Fsp3) is 0.409. The van der Waals surface area contributed by atoms with Gasteiger partial charge in [-0.05, 0) is 18.1 Å². The van der Waals surface area contributed by atoms with Crippen molar-refractivity contribution in [2.24, 2.45) is 5.92 Å². The zero-order chi connectivity index (χ0) is 25.7. The van der Waals surface area contributed by atoms with Gasteiger partial charge >= 0.3 is 11.9 Å². The lowest BCUT2D eigenvalue weighted by Crippen LogP contribution is -2.42. The van der Waals surface area contributed by atoms with Gasteiger partial charge in [-0.3, -0.25) is 0 Å². The van der Waals surface area contributed by atoms with Gasteiger partial charge < -0.3 is 18.9 Å². The minimum atomic E-state index is -3.71. The van der Waals surface area contributed by atoms with E-state index in [4.69, 9.17) is 26.1 Å². The van der Waals surface area contributed by atoms with Crippen molar-refractivity contribution in [1.29, 1.82) is 0 Å². The molecule has 0 saturated heterocycles. The first-order valence-corrected chi connectivity index (χ1v) is 12.9. The van der Waals surface area contributed by atoms with Crippen LogP contribution in [-0.4, -0.2) is 66.9 Å². The Balaban J connectivity index is 1.86. The Morgan fingerprint density at radius 3 is 2.31 bits per heavy atom. The molecule has 2 aromatic heterocycles. The summed E-state index contributed by atoms with van der Waals surface area (Å²) in [6.07, 6.45) is 2.37. The van der Waals surface area contributed by atoms with Crippen LogP contribution in [0.3, 0.4) is 0 Å². The number of hydrogen-bond acceptors (Lipinski definition) is 10. The lowest BCUT2D eigenvalue weighted by Gasteiger charge is -2.38. The maximum atomic E-state index is 12.4. The van der Waals surface area contributed by atoms with Gasteiger partial charge in [-0.25, -0.2) is 33.0 Å². The number of sulfone groups is 1. The third-order valence-electron chi connectivity index (χ3n) is 5.87. The largest absolute Gasteiger partial charge is 0.465 e. The first kappa shape index (κ1) is 24.9. The van der Waals surface area contributed by atoms with Gasteiger partial charge in [-0.2, -0.15) is 0 Å². The molecular formula is C22H24ClN5O6S. The molecule has 0 bridgehead atoms. The summed E-state index contributed by atoms with van der Waals surface area (Å²) in [5, 5.41) is -0.0241. The van der Waals surface area contributed by atoms with Crippen molar-refractivity contribution in [2.45, 2.75) is 31.3 Å². The summed E-state index contributed by atoms with van der Waals surface area (Å²) in [6, 6.07) is 2.63. The molecule has 3 aromatic rings. The van der Waals surface area contributed by atoms with Gasteiger partial charge in [0.05, 0.1) is 41.8 Å². The molecule has 0 radical (unpaired) electrons. The van der Waals surface area contributed by atoms with Gasteiger partial charge in [0.15, 0.2) is 9.84 Å². The third kappa shape index (κ3) is 4.31. The number of aromatic nitrogens is 4. The molecule has 1 atom stereocenters. The van der Waals surface area contributed by atoms with E-state index in [-0.39, 0.29) is 33.1 Å². The molecule has 0 N–H and O–H groups in total.